The molecule has 0 saturated carbocycles. The van der Waals surface area contributed by atoms with Crippen LogP contribution in [-0.2, 0) is 29.0 Å². The zero-order valence-corrected chi connectivity index (χ0v) is 21.3. The van der Waals surface area contributed by atoms with Crippen molar-refractivity contribution in [2.45, 2.75) is 52.1 Å². The number of nitrogens with zero attached hydrogens (tertiary/aromatic N) is 2. The summed E-state index contributed by atoms with van der Waals surface area (Å²) in [6.45, 7) is 4.84. The van der Waals surface area contributed by atoms with Gasteiger partial charge in [-0.25, -0.2) is 0 Å². The molecule has 6 heteroatoms. The number of aliphatic hydroxyl groups is 1. The molecule has 37 heavy (non-hydrogen) atoms. The van der Waals surface area contributed by atoms with Crippen molar-refractivity contribution in [2.75, 3.05) is 6.61 Å². The van der Waals surface area contributed by atoms with Crippen LogP contribution in [0.5, 0.6) is 5.75 Å². The van der Waals surface area contributed by atoms with Crippen molar-refractivity contribution in [3.8, 4) is 5.75 Å². The van der Waals surface area contributed by atoms with E-state index in [9.17, 15) is 14.7 Å². The van der Waals surface area contributed by atoms with E-state index in [1.165, 1.54) is 16.0 Å². The highest BCUT2D eigenvalue weighted by molar-refractivity contribution is 6.46. The van der Waals surface area contributed by atoms with Crippen LogP contribution in [0.3, 0.4) is 0 Å². The Morgan fingerprint density at radius 3 is 2.59 bits per heavy atom. The summed E-state index contributed by atoms with van der Waals surface area (Å²) in [5, 5.41) is 11.5. The maximum absolute atomic E-state index is 13.4. The van der Waals surface area contributed by atoms with E-state index in [1.807, 2.05) is 54.6 Å². The van der Waals surface area contributed by atoms with Gasteiger partial charge in [0.15, 0.2) is 0 Å². The molecule has 1 aliphatic heterocycles. The molecule has 2 heterocycles. The minimum Gasteiger partial charge on any atom is -0.507 e. The van der Waals surface area contributed by atoms with E-state index in [-0.39, 0.29) is 17.9 Å². The third kappa shape index (κ3) is 5.15. The number of pyridine rings is 1. The summed E-state index contributed by atoms with van der Waals surface area (Å²) in [6.07, 6.45) is 5.90. The summed E-state index contributed by atoms with van der Waals surface area (Å²) >= 11 is 0. The van der Waals surface area contributed by atoms with Crippen molar-refractivity contribution >= 4 is 17.4 Å². The van der Waals surface area contributed by atoms with E-state index in [4.69, 9.17) is 4.74 Å². The number of aromatic nitrogens is 1. The first-order valence-electron chi connectivity index (χ1n) is 13.0. The van der Waals surface area contributed by atoms with Gasteiger partial charge in [-0.05, 0) is 78.6 Å². The van der Waals surface area contributed by atoms with Gasteiger partial charge in [-0.15, -0.1) is 0 Å². The Labute approximate surface area is 217 Å². The average Bonchev–Trinajstić information content (AvgIpc) is 3.17. The first kappa shape index (κ1) is 24.8. The SMILES string of the molecule is CC(C)COc1cccc(C2/C(=C(/O)c3ccc4c(c3)CCCC4)C(=O)C(=O)N2Cc2ccccn2)c1. The lowest BCUT2D eigenvalue weighted by Crippen LogP contribution is -2.29. The number of aryl methyl sites for hydroxylation is 2. The molecule has 5 rings (SSSR count). The van der Waals surface area contributed by atoms with E-state index in [1.54, 1.807) is 12.3 Å². The Bertz CT molecular complexity index is 1350. The van der Waals surface area contributed by atoms with Gasteiger partial charge in [-0.2, -0.15) is 0 Å². The molecule has 190 valence electrons. The number of carbonyl (C=O) groups is 2. The van der Waals surface area contributed by atoms with Crippen molar-refractivity contribution in [3.63, 3.8) is 0 Å². The monoisotopic (exact) mass is 496 g/mol. The predicted molar refractivity (Wildman–Crippen MR) is 142 cm³/mol. The largest absolute Gasteiger partial charge is 0.507 e. The van der Waals surface area contributed by atoms with Crippen LogP contribution in [0.15, 0.2) is 72.4 Å². The standard InChI is InChI=1S/C31H32N2O4/c1-20(2)19-37-26-12-7-10-23(17-26)28-27(29(34)24-14-13-21-8-3-4-9-22(21)16-24)30(35)31(36)33(28)18-25-11-5-6-15-32-25/h5-7,10-17,20,28,34H,3-4,8-9,18-19H2,1-2H3/b29-27-. The molecular formula is C31H32N2O4. The van der Waals surface area contributed by atoms with Crippen LogP contribution >= 0.6 is 0 Å². The number of ketones is 1. The third-order valence-corrected chi connectivity index (χ3v) is 6.98. The molecule has 3 aromatic rings. The molecule has 1 atom stereocenters. The fourth-order valence-corrected chi connectivity index (χ4v) is 5.13. The molecule has 1 aromatic heterocycles. The zero-order valence-electron chi connectivity index (χ0n) is 21.3. The lowest BCUT2D eigenvalue weighted by atomic mass is 9.88. The van der Waals surface area contributed by atoms with Crippen molar-refractivity contribution in [1.82, 2.24) is 9.88 Å². The molecule has 6 nitrogen and oxygen atoms in total. The van der Waals surface area contributed by atoms with Crippen LogP contribution in [-0.4, -0.2) is 33.3 Å². The average molecular weight is 497 g/mol. The number of rotatable bonds is 7. The van der Waals surface area contributed by atoms with Crippen molar-refractivity contribution < 1.29 is 19.4 Å². The van der Waals surface area contributed by atoms with Gasteiger partial charge in [0.2, 0.25) is 0 Å². The molecule has 1 amide bonds. The van der Waals surface area contributed by atoms with Crippen LogP contribution in [0.25, 0.3) is 5.76 Å². The zero-order chi connectivity index (χ0) is 25.9. The molecule has 1 N–H and O–H groups in total. The first-order chi connectivity index (χ1) is 17.9. The van der Waals surface area contributed by atoms with Gasteiger partial charge >= 0.3 is 0 Å². The highest BCUT2D eigenvalue weighted by Crippen LogP contribution is 2.41. The molecule has 1 fully saturated rings. The normalized spacial score (nSPS) is 18.8. The lowest BCUT2D eigenvalue weighted by Gasteiger charge is -2.25. The van der Waals surface area contributed by atoms with E-state index in [0.717, 1.165) is 25.7 Å². The number of likely N-dealkylation sites (tertiary alicyclic amines) is 1. The van der Waals surface area contributed by atoms with Gasteiger partial charge in [0.05, 0.1) is 30.5 Å². The summed E-state index contributed by atoms with van der Waals surface area (Å²) in [5.41, 5.74) is 4.50. The summed E-state index contributed by atoms with van der Waals surface area (Å²) in [6, 6.07) is 18.0. The van der Waals surface area contributed by atoms with Crippen LogP contribution in [0.2, 0.25) is 0 Å². The van der Waals surface area contributed by atoms with Crippen LogP contribution in [0.4, 0.5) is 0 Å². The van der Waals surface area contributed by atoms with E-state index >= 15 is 0 Å². The number of aliphatic hydroxyl groups excluding tert-OH is 1. The number of amides is 1. The highest BCUT2D eigenvalue weighted by atomic mass is 16.5. The van der Waals surface area contributed by atoms with Gasteiger partial charge in [0.25, 0.3) is 11.7 Å². The fraction of sp³-hybridized carbons (Fsp3) is 0.323. The quantitative estimate of drug-likeness (QED) is 0.261. The molecule has 1 unspecified atom stereocenters. The Hall–Kier alpha value is -3.93. The number of Topliss-reactive ketones (excluding diaryl/α,β-unsaturated/α-hetero) is 1. The Kier molecular flexibility index (Phi) is 7.08. The molecule has 2 aliphatic rings. The second-order valence-corrected chi connectivity index (χ2v) is 10.2. The minimum atomic E-state index is -0.763. The highest BCUT2D eigenvalue weighted by Gasteiger charge is 2.46. The Balaban J connectivity index is 1.60. The lowest BCUT2D eigenvalue weighted by molar-refractivity contribution is -0.140. The fourth-order valence-electron chi connectivity index (χ4n) is 5.13. The summed E-state index contributed by atoms with van der Waals surface area (Å²) < 4.78 is 5.94. The van der Waals surface area contributed by atoms with E-state index in [2.05, 4.69) is 18.8 Å². The smallest absolute Gasteiger partial charge is 0.296 e. The number of hydrogen-bond donors (Lipinski definition) is 1. The van der Waals surface area contributed by atoms with Gasteiger partial charge in [-0.3, -0.25) is 14.6 Å². The summed E-state index contributed by atoms with van der Waals surface area (Å²) in [4.78, 5) is 32.6. The van der Waals surface area contributed by atoms with E-state index < -0.39 is 17.7 Å². The summed E-state index contributed by atoms with van der Waals surface area (Å²) in [5.74, 6) is -0.479. The Morgan fingerprint density at radius 1 is 1.03 bits per heavy atom. The number of benzene rings is 2. The molecule has 2 aromatic carbocycles. The minimum absolute atomic E-state index is 0.0951. The molecule has 0 bridgehead atoms. The Morgan fingerprint density at radius 2 is 1.84 bits per heavy atom. The predicted octanol–water partition coefficient (Wildman–Crippen LogP) is 5.62. The van der Waals surface area contributed by atoms with Crippen molar-refractivity contribution in [1.29, 1.82) is 0 Å². The topological polar surface area (TPSA) is 79.7 Å². The van der Waals surface area contributed by atoms with Gasteiger partial charge in [0, 0.05) is 11.8 Å². The second kappa shape index (κ2) is 10.6. The van der Waals surface area contributed by atoms with Crippen molar-refractivity contribution in [3.05, 3.63) is 100 Å². The van der Waals surface area contributed by atoms with Gasteiger partial charge < -0.3 is 14.7 Å². The number of carbonyl (C=O) groups excluding carboxylic acids is 2. The molecule has 1 aliphatic carbocycles. The third-order valence-electron chi connectivity index (χ3n) is 6.98. The summed E-state index contributed by atoms with van der Waals surface area (Å²) in [7, 11) is 0. The number of fused-ring (bicyclic) bond motifs is 1. The van der Waals surface area contributed by atoms with Crippen LogP contribution in [0.1, 0.15) is 60.7 Å². The van der Waals surface area contributed by atoms with Crippen LogP contribution in [0, 0.1) is 5.92 Å². The van der Waals surface area contributed by atoms with Gasteiger partial charge in [0.1, 0.15) is 11.5 Å². The molecular weight excluding hydrogens is 464 g/mol. The number of ether oxygens (including phenoxy) is 1. The van der Waals surface area contributed by atoms with Crippen molar-refractivity contribution in [2.24, 2.45) is 5.92 Å². The number of hydrogen-bond acceptors (Lipinski definition) is 5. The van der Waals surface area contributed by atoms with E-state index in [0.29, 0.717) is 35.1 Å². The molecule has 1 saturated heterocycles. The molecule has 0 radical (unpaired) electrons. The van der Waals surface area contributed by atoms with Crippen LogP contribution < -0.4 is 4.74 Å². The maximum Gasteiger partial charge on any atom is 0.296 e. The first-order valence-corrected chi connectivity index (χ1v) is 13.0. The molecule has 0 spiro atoms. The second-order valence-electron chi connectivity index (χ2n) is 10.2. The maximum atomic E-state index is 13.4. The van der Waals surface area contributed by atoms with Gasteiger partial charge in [-0.1, -0.05) is 44.2 Å².